The molecular formula is C13H11FN2OS. The Hall–Kier alpha value is -2.01. The fourth-order valence-corrected chi connectivity index (χ4v) is 1.72. The van der Waals surface area contributed by atoms with Gasteiger partial charge in [-0.2, -0.15) is 0 Å². The van der Waals surface area contributed by atoms with Crippen LogP contribution in [-0.2, 0) is 0 Å². The van der Waals surface area contributed by atoms with E-state index in [1.807, 2.05) is 0 Å². The molecule has 2 aromatic rings. The zero-order valence-corrected chi connectivity index (χ0v) is 10.5. The van der Waals surface area contributed by atoms with Crippen molar-refractivity contribution in [3.63, 3.8) is 0 Å². The zero-order chi connectivity index (χ0) is 13.1. The molecule has 0 fully saturated rings. The number of nitrogens with zero attached hydrogens (tertiary/aromatic N) is 1. The minimum Gasteiger partial charge on any atom is -0.455 e. The standard InChI is InChI=1S/C13H11FN2OS/c1-8-10(6-3-7-16-8)17-11-5-2-4-9(14)12(11)13(15)18/h2-7H,1H3,(H2,15,18). The minimum atomic E-state index is -0.499. The average molecular weight is 262 g/mol. The lowest BCUT2D eigenvalue weighted by Gasteiger charge is -2.12. The molecule has 2 N–H and O–H groups in total. The number of nitrogens with two attached hydrogens (primary N) is 1. The first-order chi connectivity index (χ1) is 8.59. The van der Waals surface area contributed by atoms with Crippen LogP contribution in [-0.4, -0.2) is 9.97 Å². The summed E-state index contributed by atoms with van der Waals surface area (Å²) in [5.41, 5.74) is 6.31. The van der Waals surface area contributed by atoms with E-state index in [4.69, 9.17) is 22.7 Å². The number of pyridine rings is 1. The molecule has 1 heterocycles. The second kappa shape index (κ2) is 5.10. The van der Waals surface area contributed by atoms with Crippen LogP contribution in [0.15, 0.2) is 36.5 Å². The summed E-state index contributed by atoms with van der Waals surface area (Å²) in [6.45, 7) is 1.80. The summed E-state index contributed by atoms with van der Waals surface area (Å²) in [6.07, 6.45) is 1.66. The minimum absolute atomic E-state index is 0.0374. The Labute approximate surface area is 109 Å². The molecule has 0 bridgehead atoms. The number of benzene rings is 1. The van der Waals surface area contributed by atoms with Gasteiger partial charge in [-0.05, 0) is 31.2 Å². The Bertz CT molecular complexity index is 601. The van der Waals surface area contributed by atoms with E-state index < -0.39 is 5.82 Å². The van der Waals surface area contributed by atoms with Gasteiger partial charge in [0.25, 0.3) is 0 Å². The Balaban J connectivity index is 2.44. The van der Waals surface area contributed by atoms with Gasteiger partial charge in [-0.25, -0.2) is 4.39 Å². The van der Waals surface area contributed by atoms with E-state index in [2.05, 4.69) is 4.98 Å². The molecule has 0 atom stereocenters. The SMILES string of the molecule is Cc1ncccc1Oc1cccc(F)c1C(N)=S. The summed E-state index contributed by atoms with van der Waals surface area (Å²) in [4.78, 5) is 4.05. The van der Waals surface area contributed by atoms with Gasteiger partial charge in [-0.15, -0.1) is 0 Å². The van der Waals surface area contributed by atoms with Gasteiger partial charge in [0, 0.05) is 6.20 Å². The van der Waals surface area contributed by atoms with Crippen molar-refractivity contribution in [2.24, 2.45) is 5.73 Å². The second-order valence-corrected chi connectivity index (χ2v) is 4.11. The van der Waals surface area contributed by atoms with Crippen LogP contribution in [0.2, 0.25) is 0 Å². The summed E-state index contributed by atoms with van der Waals surface area (Å²) < 4.78 is 19.3. The molecule has 92 valence electrons. The Morgan fingerprint density at radius 3 is 2.67 bits per heavy atom. The molecule has 0 aliphatic rings. The lowest BCUT2D eigenvalue weighted by Crippen LogP contribution is -2.13. The first-order valence-electron chi connectivity index (χ1n) is 5.27. The van der Waals surface area contributed by atoms with E-state index in [-0.39, 0.29) is 10.6 Å². The van der Waals surface area contributed by atoms with Crippen LogP contribution in [0.5, 0.6) is 11.5 Å². The molecule has 18 heavy (non-hydrogen) atoms. The monoisotopic (exact) mass is 262 g/mol. The quantitative estimate of drug-likeness (QED) is 0.864. The highest BCUT2D eigenvalue weighted by Gasteiger charge is 2.13. The van der Waals surface area contributed by atoms with E-state index in [1.165, 1.54) is 12.1 Å². The fraction of sp³-hybridized carbons (Fsp3) is 0.0769. The van der Waals surface area contributed by atoms with Gasteiger partial charge < -0.3 is 10.5 Å². The van der Waals surface area contributed by atoms with Crippen LogP contribution >= 0.6 is 12.2 Å². The van der Waals surface area contributed by atoms with Crippen molar-refractivity contribution < 1.29 is 9.13 Å². The molecule has 0 unspecified atom stereocenters. The van der Waals surface area contributed by atoms with Gasteiger partial charge in [-0.1, -0.05) is 18.3 Å². The topological polar surface area (TPSA) is 48.1 Å². The lowest BCUT2D eigenvalue weighted by molar-refractivity contribution is 0.469. The van der Waals surface area contributed by atoms with Gasteiger partial charge in [-0.3, -0.25) is 4.98 Å². The van der Waals surface area contributed by atoms with Crippen molar-refractivity contribution in [3.05, 3.63) is 53.6 Å². The van der Waals surface area contributed by atoms with E-state index >= 15 is 0 Å². The number of ether oxygens (including phenoxy) is 1. The van der Waals surface area contributed by atoms with Gasteiger partial charge in [0.05, 0.1) is 11.3 Å². The van der Waals surface area contributed by atoms with Crippen molar-refractivity contribution in [2.45, 2.75) is 6.92 Å². The van der Waals surface area contributed by atoms with Gasteiger partial charge in [0.15, 0.2) is 0 Å². The van der Waals surface area contributed by atoms with Crippen molar-refractivity contribution in [1.82, 2.24) is 4.98 Å². The number of hydrogen-bond donors (Lipinski definition) is 1. The van der Waals surface area contributed by atoms with Crippen LogP contribution in [0.3, 0.4) is 0 Å². The smallest absolute Gasteiger partial charge is 0.148 e. The average Bonchev–Trinajstić information content (AvgIpc) is 2.31. The van der Waals surface area contributed by atoms with Crippen molar-refractivity contribution in [2.75, 3.05) is 0 Å². The first-order valence-corrected chi connectivity index (χ1v) is 5.68. The fourth-order valence-electron chi connectivity index (χ4n) is 1.52. The maximum Gasteiger partial charge on any atom is 0.148 e. The van der Waals surface area contributed by atoms with Crippen molar-refractivity contribution in [3.8, 4) is 11.5 Å². The molecule has 3 nitrogen and oxygen atoms in total. The molecule has 0 saturated heterocycles. The number of thiocarbonyl (C=S) groups is 1. The van der Waals surface area contributed by atoms with E-state index in [9.17, 15) is 4.39 Å². The van der Waals surface area contributed by atoms with E-state index in [1.54, 1.807) is 31.3 Å². The molecule has 0 saturated carbocycles. The lowest BCUT2D eigenvalue weighted by atomic mass is 10.2. The maximum absolute atomic E-state index is 13.6. The Kier molecular flexibility index (Phi) is 3.53. The zero-order valence-electron chi connectivity index (χ0n) is 9.68. The molecule has 1 aromatic heterocycles. The predicted octanol–water partition coefficient (Wildman–Crippen LogP) is 2.96. The largest absolute Gasteiger partial charge is 0.455 e. The van der Waals surface area contributed by atoms with Crippen molar-refractivity contribution in [1.29, 1.82) is 0 Å². The number of halogens is 1. The van der Waals surface area contributed by atoms with Crippen LogP contribution in [0.1, 0.15) is 11.3 Å². The molecule has 2 rings (SSSR count). The number of hydrogen-bond acceptors (Lipinski definition) is 3. The highest BCUT2D eigenvalue weighted by molar-refractivity contribution is 7.80. The molecule has 0 amide bonds. The molecule has 0 spiro atoms. The first kappa shape index (κ1) is 12.4. The van der Waals surface area contributed by atoms with Crippen LogP contribution < -0.4 is 10.5 Å². The Morgan fingerprint density at radius 2 is 2.00 bits per heavy atom. The number of rotatable bonds is 3. The highest BCUT2D eigenvalue weighted by Crippen LogP contribution is 2.28. The summed E-state index contributed by atoms with van der Waals surface area (Å²) in [5, 5.41) is 0. The number of aryl methyl sites for hydroxylation is 1. The second-order valence-electron chi connectivity index (χ2n) is 3.67. The van der Waals surface area contributed by atoms with Crippen molar-refractivity contribution >= 4 is 17.2 Å². The molecule has 0 aliphatic heterocycles. The molecule has 0 radical (unpaired) electrons. The summed E-state index contributed by atoms with van der Waals surface area (Å²) >= 11 is 4.83. The highest BCUT2D eigenvalue weighted by atomic mass is 32.1. The normalized spacial score (nSPS) is 10.1. The maximum atomic E-state index is 13.6. The molecular weight excluding hydrogens is 251 g/mol. The third-order valence-electron chi connectivity index (χ3n) is 2.40. The predicted molar refractivity (Wildman–Crippen MR) is 71.3 cm³/mol. The summed E-state index contributed by atoms with van der Waals surface area (Å²) in [7, 11) is 0. The molecule has 5 heteroatoms. The summed E-state index contributed by atoms with van der Waals surface area (Å²) in [5.74, 6) is 0.334. The van der Waals surface area contributed by atoms with Crippen LogP contribution in [0.25, 0.3) is 0 Å². The van der Waals surface area contributed by atoms with Gasteiger partial charge >= 0.3 is 0 Å². The van der Waals surface area contributed by atoms with E-state index in [0.29, 0.717) is 17.2 Å². The van der Waals surface area contributed by atoms with Crippen LogP contribution in [0, 0.1) is 12.7 Å². The van der Waals surface area contributed by atoms with Gasteiger partial charge in [0.2, 0.25) is 0 Å². The summed E-state index contributed by atoms with van der Waals surface area (Å²) in [6, 6.07) is 7.93. The van der Waals surface area contributed by atoms with Crippen LogP contribution in [0.4, 0.5) is 4.39 Å². The Morgan fingerprint density at radius 1 is 1.28 bits per heavy atom. The third kappa shape index (κ3) is 2.46. The molecule has 0 aliphatic carbocycles. The van der Waals surface area contributed by atoms with Gasteiger partial charge in [0.1, 0.15) is 22.3 Å². The number of aromatic nitrogens is 1. The molecule has 1 aromatic carbocycles. The third-order valence-corrected chi connectivity index (χ3v) is 2.60. The van der Waals surface area contributed by atoms with E-state index in [0.717, 1.165) is 0 Å².